The van der Waals surface area contributed by atoms with Gasteiger partial charge in [-0.3, -0.25) is 10.1 Å². The molecule has 0 bridgehead atoms. The number of anilines is 1. The first-order valence-electron chi connectivity index (χ1n) is 7.12. The van der Waals surface area contributed by atoms with Crippen LogP contribution in [0, 0.1) is 10.1 Å². The lowest BCUT2D eigenvalue weighted by molar-refractivity contribution is -0.384. The molecule has 0 aliphatic heterocycles. The van der Waals surface area contributed by atoms with E-state index in [0.29, 0.717) is 13.0 Å². The van der Waals surface area contributed by atoms with Crippen LogP contribution in [0.2, 0.25) is 5.02 Å². The van der Waals surface area contributed by atoms with E-state index in [4.69, 9.17) is 16.3 Å². The maximum absolute atomic E-state index is 11.9. The molecule has 0 saturated heterocycles. The highest BCUT2D eigenvalue weighted by Crippen LogP contribution is 2.26. The molecular weight excluding hydrogens is 334 g/mol. The molecule has 0 saturated carbocycles. The van der Waals surface area contributed by atoms with Crippen LogP contribution in [0.5, 0.6) is 5.75 Å². The molecule has 8 heteroatoms. The predicted octanol–water partition coefficient (Wildman–Crippen LogP) is 3.62. The van der Waals surface area contributed by atoms with Gasteiger partial charge in [0, 0.05) is 18.7 Å². The summed E-state index contributed by atoms with van der Waals surface area (Å²) in [4.78, 5) is 22.1. The first-order chi connectivity index (χ1) is 11.5. The zero-order valence-corrected chi connectivity index (χ0v) is 13.7. The molecule has 0 aromatic heterocycles. The number of hydrogen-bond acceptors (Lipinski definition) is 4. The minimum Gasteiger partial charge on any atom is -0.496 e. The SMILES string of the molecule is COc1ccccc1CCNC(=O)Nc1cc([N+](=O)[O-])ccc1Cl. The fourth-order valence-electron chi connectivity index (χ4n) is 2.11. The Morgan fingerprint density at radius 2 is 2.04 bits per heavy atom. The first-order valence-corrected chi connectivity index (χ1v) is 7.49. The molecule has 0 unspecified atom stereocenters. The molecule has 2 aromatic rings. The highest BCUT2D eigenvalue weighted by molar-refractivity contribution is 6.33. The molecule has 2 amide bonds. The number of urea groups is 1. The number of halogens is 1. The van der Waals surface area contributed by atoms with Gasteiger partial charge in [0.25, 0.3) is 5.69 Å². The molecule has 0 aliphatic rings. The third-order valence-electron chi connectivity index (χ3n) is 3.28. The molecule has 0 spiro atoms. The lowest BCUT2D eigenvalue weighted by Crippen LogP contribution is -2.30. The van der Waals surface area contributed by atoms with Crippen LogP contribution in [-0.2, 0) is 6.42 Å². The van der Waals surface area contributed by atoms with Gasteiger partial charge in [-0.05, 0) is 24.1 Å². The van der Waals surface area contributed by atoms with E-state index in [1.807, 2.05) is 24.3 Å². The molecule has 2 N–H and O–H groups in total. The predicted molar refractivity (Wildman–Crippen MR) is 91.8 cm³/mol. The maximum atomic E-state index is 11.9. The van der Waals surface area contributed by atoms with Crippen LogP contribution < -0.4 is 15.4 Å². The molecule has 0 aliphatic carbocycles. The number of ether oxygens (including phenoxy) is 1. The van der Waals surface area contributed by atoms with Crippen LogP contribution in [0.1, 0.15) is 5.56 Å². The van der Waals surface area contributed by atoms with Crippen molar-refractivity contribution in [3.05, 3.63) is 63.2 Å². The number of nitro groups is 1. The number of non-ortho nitro benzene ring substituents is 1. The number of amides is 2. The summed E-state index contributed by atoms with van der Waals surface area (Å²) in [7, 11) is 1.59. The summed E-state index contributed by atoms with van der Waals surface area (Å²) >= 11 is 5.93. The van der Waals surface area contributed by atoms with Crippen LogP contribution in [0.25, 0.3) is 0 Å². The molecule has 0 atom stereocenters. The molecule has 0 fully saturated rings. The summed E-state index contributed by atoms with van der Waals surface area (Å²) in [5.41, 5.74) is 0.998. The van der Waals surface area contributed by atoms with Gasteiger partial charge in [0.15, 0.2) is 0 Å². The molecule has 2 aromatic carbocycles. The number of nitro benzene ring substituents is 1. The van der Waals surface area contributed by atoms with E-state index in [2.05, 4.69) is 10.6 Å². The number of para-hydroxylation sites is 1. The summed E-state index contributed by atoms with van der Waals surface area (Å²) in [6.07, 6.45) is 0.583. The molecule has 2 rings (SSSR count). The normalized spacial score (nSPS) is 10.1. The Balaban J connectivity index is 1.92. The Hall–Kier alpha value is -2.80. The monoisotopic (exact) mass is 349 g/mol. The Kier molecular flexibility index (Phi) is 5.97. The standard InChI is InChI=1S/C16H16ClN3O4/c1-24-15-5-3-2-4-11(15)8-9-18-16(21)19-14-10-12(20(22)23)6-7-13(14)17/h2-7,10H,8-9H2,1H3,(H2,18,19,21). The second kappa shape index (κ2) is 8.16. The van der Waals surface area contributed by atoms with Gasteiger partial charge in [-0.15, -0.1) is 0 Å². The minimum absolute atomic E-state index is 0.149. The van der Waals surface area contributed by atoms with E-state index in [9.17, 15) is 14.9 Å². The van der Waals surface area contributed by atoms with E-state index in [1.54, 1.807) is 7.11 Å². The third kappa shape index (κ3) is 4.60. The molecule has 7 nitrogen and oxygen atoms in total. The number of carbonyl (C=O) groups excluding carboxylic acids is 1. The number of hydrogen-bond donors (Lipinski definition) is 2. The Labute approximate surface area is 143 Å². The van der Waals surface area contributed by atoms with Gasteiger partial charge in [0.1, 0.15) is 5.75 Å². The second-order valence-electron chi connectivity index (χ2n) is 4.86. The van der Waals surface area contributed by atoms with Crippen molar-refractivity contribution in [3.63, 3.8) is 0 Å². The Morgan fingerprint density at radius 3 is 2.75 bits per heavy atom. The number of benzene rings is 2. The lowest BCUT2D eigenvalue weighted by Gasteiger charge is -2.10. The lowest BCUT2D eigenvalue weighted by atomic mass is 10.1. The summed E-state index contributed by atoms with van der Waals surface area (Å²) < 4.78 is 5.24. The average Bonchev–Trinajstić information content (AvgIpc) is 2.57. The van der Waals surface area contributed by atoms with E-state index < -0.39 is 11.0 Å². The third-order valence-corrected chi connectivity index (χ3v) is 3.61. The molecule has 24 heavy (non-hydrogen) atoms. The maximum Gasteiger partial charge on any atom is 0.319 e. The van der Waals surface area contributed by atoms with E-state index in [1.165, 1.54) is 18.2 Å². The van der Waals surface area contributed by atoms with E-state index in [-0.39, 0.29) is 16.4 Å². The first kappa shape index (κ1) is 17.6. The van der Waals surface area contributed by atoms with E-state index >= 15 is 0 Å². The number of carbonyl (C=O) groups is 1. The quantitative estimate of drug-likeness (QED) is 0.615. The summed E-state index contributed by atoms with van der Waals surface area (Å²) in [6, 6.07) is 10.9. The minimum atomic E-state index is -0.554. The van der Waals surface area contributed by atoms with Crippen LogP contribution in [0.4, 0.5) is 16.2 Å². The Bertz CT molecular complexity index is 752. The zero-order valence-electron chi connectivity index (χ0n) is 12.9. The van der Waals surface area contributed by atoms with Crippen molar-refractivity contribution >= 4 is 29.0 Å². The average molecular weight is 350 g/mol. The van der Waals surface area contributed by atoms with Crippen molar-refractivity contribution in [2.75, 3.05) is 19.0 Å². The van der Waals surface area contributed by atoms with Gasteiger partial charge >= 0.3 is 6.03 Å². The topological polar surface area (TPSA) is 93.5 Å². The number of methoxy groups -OCH3 is 1. The van der Waals surface area contributed by atoms with Gasteiger partial charge in [0.05, 0.1) is 22.7 Å². The van der Waals surface area contributed by atoms with Crippen molar-refractivity contribution in [3.8, 4) is 5.75 Å². The van der Waals surface area contributed by atoms with Crippen molar-refractivity contribution in [1.82, 2.24) is 5.32 Å². The van der Waals surface area contributed by atoms with Gasteiger partial charge in [-0.2, -0.15) is 0 Å². The second-order valence-corrected chi connectivity index (χ2v) is 5.27. The number of nitrogens with one attached hydrogen (secondary N) is 2. The highest BCUT2D eigenvalue weighted by atomic mass is 35.5. The van der Waals surface area contributed by atoms with Gasteiger partial charge in [0.2, 0.25) is 0 Å². The van der Waals surface area contributed by atoms with Crippen LogP contribution >= 0.6 is 11.6 Å². The van der Waals surface area contributed by atoms with Crippen LogP contribution in [-0.4, -0.2) is 24.6 Å². The van der Waals surface area contributed by atoms with Crippen molar-refractivity contribution < 1.29 is 14.5 Å². The van der Waals surface area contributed by atoms with Crippen LogP contribution in [0.15, 0.2) is 42.5 Å². The van der Waals surface area contributed by atoms with Gasteiger partial charge in [-0.1, -0.05) is 29.8 Å². The molecule has 126 valence electrons. The smallest absolute Gasteiger partial charge is 0.319 e. The number of nitrogens with zero attached hydrogens (tertiary/aromatic N) is 1. The van der Waals surface area contributed by atoms with Crippen molar-refractivity contribution in [1.29, 1.82) is 0 Å². The Morgan fingerprint density at radius 1 is 1.29 bits per heavy atom. The highest BCUT2D eigenvalue weighted by Gasteiger charge is 2.12. The molecule has 0 heterocycles. The fourth-order valence-corrected chi connectivity index (χ4v) is 2.27. The molecular formula is C16H16ClN3O4. The number of rotatable bonds is 6. The summed E-state index contributed by atoms with van der Waals surface area (Å²) in [5.74, 6) is 0.751. The van der Waals surface area contributed by atoms with E-state index in [0.717, 1.165) is 11.3 Å². The van der Waals surface area contributed by atoms with Crippen molar-refractivity contribution in [2.45, 2.75) is 6.42 Å². The van der Waals surface area contributed by atoms with Gasteiger partial charge < -0.3 is 15.4 Å². The summed E-state index contributed by atoms with van der Waals surface area (Å²) in [5, 5.41) is 16.2. The largest absolute Gasteiger partial charge is 0.496 e. The fraction of sp³-hybridized carbons (Fsp3) is 0.188. The van der Waals surface area contributed by atoms with Crippen molar-refractivity contribution in [2.24, 2.45) is 0 Å². The molecule has 0 radical (unpaired) electrons. The zero-order chi connectivity index (χ0) is 17.5. The van der Waals surface area contributed by atoms with Gasteiger partial charge in [-0.25, -0.2) is 4.79 Å². The van der Waals surface area contributed by atoms with Crippen LogP contribution in [0.3, 0.4) is 0 Å². The summed E-state index contributed by atoms with van der Waals surface area (Å²) in [6.45, 7) is 0.374.